The van der Waals surface area contributed by atoms with Crippen molar-refractivity contribution in [3.63, 3.8) is 0 Å². The van der Waals surface area contributed by atoms with Crippen LogP contribution in [0.2, 0.25) is 0 Å². The normalized spacial score (nSPS) is 13.1. The summed E-state index contributed by atoms with van der Waals surface area (Å²) in [4.78, 5) is 22.7. The monoisotopic (exact) mass is 283 g/mol. The standard InChI is InChI=1S/C13H21N3O4/c1-7(2)10(11(17)18)15-12(19)14-9-6-8(20-16-9)13(3,4)5/h6-7,10H,1-5H3,(H,17,18)(H2,14,15,16,19). The number of urea groups is 1. The number of hydrogen-bond acceptors (Lipinski definition) is 4. The summed E-state index contributed by atoms with van der Waals surface area (Å²) in [5, 5.41) is 17.6. The molecule has 20 heavy (non-hydrogen) atoms. The van der Waals surface area contributed by atoms with E-state index in [0.29, 0.717) is 5.76 Å². The van der Waals surface area contributed by atoms with E-state index in [1.165, 1.54) is 0 Å². The number of amides is 2. The summed E-state index contributed by atoms with van der Waals surface area (Å²) in [7, 11) is 0. The summed E-state index contributed by atoms with van der Waals surface area (Å²) >= 11 is 0. The molecule has 0 aliphatic carbocycles. The van der Waals surface area contributed by atoms with Crippen LogP contribution in [0.1, 0.15) is 40.4 Å². The van der Waals surface area contributed by atoms with Crippen LogP contribution in [0, 0.1) is 5.92 Å². The van der Waals surface area contributed by atoms with Crippen LogP contribution in [0.4, 0.5) is 10.6 Å². The SMILES string of the molecule is CC(C)C(NC(=O)Nc1cc(C(C)(C)C)on1)C(=O)O. The minimum atomic E-state index is -1.08. The number of hydrogen-bond donors (Lipinski definition) is 3. The molecule has 0 radical (unpaired) electrons. The molecule has 112 valence electrons. The first-order valence-electron chi connectivity index (χ1n) is 6.38. The highest BCUT2D eigenvalue weighted by atomic mass is 16.5. The van der Waals surface area contributed by atoms with Gasteiger partial charge in [-0.25, -0.2) is 9.59 Å². The molecule has 0 fully saturated rings. The van der Waals surface area contributed by atoms with Crippen molar-refractivity contribution in [2.45, 2.75) is 46.1 Å². The molecule has 0 aliphatic heterocycles. The largest absolute Gasteiger partial charge is 0.480 e. The molecule has 0 saturated heterocycles. The van der Waals surface area contributed by atoms with Crippen molar-refractivity contribution >= 4 is 17.8 Å². The van der Waals surface area contributed by atoms with E-state index in [4.69, 9.17) is 9.63 Å². The molecule has 0 spiro atoms. The number of carboxylic acid groups (broad SMARTS) is 1. The molecule has 0 aromatic carbocycles. The van der Waals surface area contributed by atoms with Gasteiger partial charge in [0.2, 0.25) is 0 Å². The van der Waals surface area contributed by atoms with Crippen molar-refractivity contribution in [2.24, 2.45) is 5.92 Å². The Morgan fingerprint density at radius 2 is 1.95 bits per heavy atom. The van der Waals surface area contributed by atoms with E-state index in [0.717, 1.165) is 0 Å². The van der Waals surface area contributed by atoms with Crippen LogP contribution in [0.5, 0.6) is 0 Å². The smallest absolute Gasteiger partial charge is 0.326 e. The minimum Gasteiger partial charge on any atom is -0.480 e. The Balaban J connectivity index is 2.67. The molecule has 2 amide bonds. The summed E-state index contributed by atoms with van der Waals surface area (Å²) in [5.74, 6) is -0.418. The fourth-order valence-corrected chi connectivity index (χ4v) is 1.49. The average molecular weight is 283 g/mol. The predicted octanol–water partition coefficient (Wildman–Crippen LogP) is 2.20. The Morgan fingerprint density at radius 1 is 1.35 bits per heavy atom. The third-order valence-electron chi connectivity index (χ3n) is 2.71. The molecule has 0 aliphatic rings. The van der Waals surface area contributed by atoms with Gasteiger partial charge in [-0.2, -0.15) is 0 Å². The molecule has 7 nitrogen and oxygen atoms in total. The van der Waals surface area contributed by atoms with Gasteiger partial charge in [-0.1, -0.05) is 39.8 Å². The lowest BCUT2D eigenvalue weighted by Crippen LogP contribution is -2.46. The van der Waals surface area contributed by atoms with Crippen molar-refractivity contribution in [3.8, 4) is 0 Å². The number of rotatable bonds is 4. The third-order valence-corrected chi connectivity index (χ3v) is 2.71. The van der Waals surface area contributed by atoms with Gasteiger partial charge in [-0.05, 0) is 5.92 Å². The molecular weight excluding hydrogens is 262 g/mol. The Hall–Kier alpha value is -2.05. The zero-order valence-electron chi connectivity index (χ0n) is 12.4. The number of aliphatic carboxylic acids is 1. The first-order valence-corrected chi connectivity index (χ1v) is 6.38. The van der Waals surface area contributed by atoms with Crippen molar-refractivity contribution in [2.75, 3.05) is 5.32 Å². The number of aromatic nitrogens is 1. The van der Waals surface area contributed by atoms with E-state index < -0.39 is 18.0 Å². The van der Waals surface area contributed by atoms with E-state index >= 15 is 0 Å². The summed E-state index contributed by atoms with van der Waals surface area (Å²) < 4.78 is 5.12. The number of carbonyl (C=O) groups excluding carboxylic acids is 1. The number of nitrogens with zero attached hydrogens (tertiary/aromatic N) is 1. The molecule has 0 bridgehead atoms. The highest BCUT2D eigenvalue weighted by molar-refractivity contribution is 5.91. The maximum absolute atomic E-state index is 11.7. The van der Waals surface area contributed by atoms with Gasteiger partial charge in [0.1, 0.15) is 11.8 Å². The van der Waals surface area contributed by atoms with Gasteiger partial charge in [0.05, 0.1) is 0 Å². The molecule has 0 saturated carbocycles. The Bertz CT molecular complexity index is 488. The van der Waals surface area contributed by atoms with Crippen LogP contribution in [0.25, 0.3) is 0 Å². The minimum absolute atomic E-state index is 0.217. The second kappa shape index (κ2) is 5.94. The van der Waals surface area contributed by atoms with E-state index in [1.807, 2.05) is 20.8 Å². The summed E-state index contributed by atoms with van der Waals surface area (Å²) in [6, 6.07) is 0.0360. The summed E-state index contributed by atoms with van der Waals surface area (Å²) in [6.45, 7) is 9.30. The second-order valence-electron chi connectivity index (χ2n) is 5.98. The predicted molar refractivity (Wildman–Crippen MR) is 73.6 cm³/mol. The highest BCUT2D eigenvalue weighted by Gasteiger charge is 2.24. The zero-order chi connectivity index (χ0) is 15.5. The van der Waals surface area contributed by atoms with Crippen molar-refractivity contribution < 1.29 is 19.2 Å². The fraction of sp³-hybridized carbons (Fsp3) is 0.615. The molecule has 3 N–H and O–H groups in total. The van der Waals surface area contributed by atoms with Crippen LogP contribution in [0.15, 0.2) is 10.6 Å². The number of carboxylic acids is 1. The van der Waals surface area contributed by atoms with Crippen LogP contribution < -0.4 is 10.6 Å². The maximum Gasteiger partial charge on any atom is 0.326 e. The Morgan fingerprint density at radius 3 is 2.35 bits per heavy atom. The molecule has 1 rings (SSSR count). The first kappa shape index (κ1) is 16.0. The summed E-state index contributed by atoms with van der Waals surface area (Å²) in [5.41, 5.74) is -0.217. The van der Waals surface area contributed by atoms with Crippen LogP contribution in [-0.4, -0.2) is 28.3 Å². The van der Waals surface area contributed by atoms with Crippen LogP contribution in [0.3, 0.4) is 0 Å². The second-order valence-corrected chi connectivity index (χ2v) is 5.98. The topological polar surface area (TPSA) is 104 Å². The third kappa shape index (κ3) is 4.25. The highest BCUT2D eigenvalue weighted by Crippen LogP contribution is 2.24. The zero-order valence-corrected chi connectivity index (χ0v) is 12.4. The quantitative estimate of drug-likeness (QED) is 0.785. The fourth-order valence-electron chi connectivity index (χ4n) is 1.49. The lowest BCUT2D eigenvalue weighted by Gasteiger charge is -2.17. The molecule has 1 aromatic heterocycles. The van der Waals surface area contributed by atoms with Crippen molar-refractivity contribution in [3.05, 3.63) is 11.8 Å². The molecule has 1 aromatic rings. The van der Waals surface area contributed by atoms with Gasteiger partial charge >= 0.3 is 12.0 Å². The van der Waals surface area contributed by atoms with Crippen LogP contribution in [-0.2, 0) is 10.2 Å². The van der Waals surface area contributed by atoms with Gasteiger partial charge in [0.15, 0.2) is 5.82 Å². The van der Waals surface area contributed by atoms with E-state index in [-0.39, 0.29) is 17.2 Å². The molecule has 1 atom stereocenters. The number of nitrogens with one attached hydrogen (secondary N) is 2. The van der Waals surface area contributed by atoms with Gasteiger partial charge in [0, 0.05) is 11.5 Å². The average Bonchev–Trinajstić information content (AvgIpc) is 2.73. The van der Waals surface area contributed by atoms with E-state index in [1.54, 1.807) is 19.9 Å². The van der Waals surface area contributed by atoms with Crippen molar-refractivity contribution in [1.29, 1.82) is 0 Å². The molecule has 1 heterocycles. The molecular formula is C13H21N3O4. The van der Waals surface area contributed by atoms with Gasteiger partial charge in [-0.15, -0.1) is 0 Å². The number of anilines is 1. The van der Waals surface area contributed by atoms with E-state index in [2.05, 4.69) is 15.8 Å². The lowest BCUT2D eigenvalue weighted by molar-refractivity contribution is -0.140. The molecule has 1 unspecified atom stereocenters. The van der Waals surface area contributed by atoms with Gasteiger partial charge in [0.25, 0.3) is 0 Å². The van der Waals surface area contributed by atoms with E-state index in [9.17, 15) is 9.59 Å². The molecule has 7 heteroatoms. The lowest BCUT2D eigenvalue weighted by atomic mass is 9.93. The van der Waals surface area contributed by atoms with Gasteiger partial charge in [-0.3, -0.25) is 5.32 Å². The maximum atomic E-state index is 11.7. The van der Waals surface area contributed by atoms with Crippen molar-refractivity contribution in [1.82, 2.24) is 10.5 Å². The first-order chi connectivity index (χ1) is 9.11. The Labute approximate surface area is 117 Å². The van der Waals surface area contributed by atoms with Gasteiger partial charge < -0.3 is 14.9 Å². The number of carbonyl (C=O) groups is 2. The van der Waals surface area contributed by atoms with Crippen LogP contribution >= 0.6 is 0 Å². The summed E-state index contributed by atoms with van der Waals surface area (Å²) in [6.07, 6.45) is 0. The Kier molecular flexibility index (Phi) is 4.75.